The van der Waals surface area contributed by atoms with Gasteiger partial charge in [-0.2, -0.15) is 18.3 Å². The van der Waals surface area contributed by atoms with Crippen LogP contribution in [0.2, 0.25) is 0 Å². The van der Waals surface area contributed by atoms with Crippen LogP contribution in [0.1, 0.15) is 86.9 Å². The number of alkyl halides is 3. The first-order valence-electron chi connectivity index (χ1n) is 13.8. The number of nitrogens with one attached hydrogen (secondary N) is 2. The molecule has 2 aromatic heterocycles. The lowest BCUT2D eigenvalue weighted by Gasteiger charge is -2.26. The van der Waals surface area contributed by atoms with E-state index >= 15 is 0 Å². The van der Waals surface area contributed by atoms with Gasteiger partial charge in [0.2, 0.25) is 11.8 Å². The molecule has 2 N–H and O–H groups in total. The summed E-state index contributed by atoms with van der Waals surface area (Å²) in [6.07, 6.45) is -3.61. The molecule has 0 aliphatic rings. The van der Waals surface area contributed by atoms with Gasteiger partial charge in [-0.25, -0.2) is 21.8 Å². The number of aromatic nitrogens is 3. The molecule has 2 amide bonds. The molecule has 44 heavy (non-hydrogen) atoms. The summed E-state index contributed by atoms with van der Waals surface area (Å²) in [5.74, 6) is -1.12. The number of carbonyl (C=O) groups is 2. The van der Waals surface area contributed by atoms with E-state index in [0.717, 1.165) is 17.8 Å². The highest BCUT2D eigenvalue weighted by atomic mass is 32.2. The van der Waals surface area contributed by atoms with Crippen molar-refractivity contribution in [1.82, 2.24) is 14.8 Å². The van der Waals surface area contributed by atoms with E-state index in [9.17, 15) is 39.6 Å². The summed E-state index contributed by atoms with van der Waals surface area (Å²) in [4.78, 5) is 28.0. The quantitative estimate of drug-likeness (QED) is 0.382. The molecular formula is C28H44F3N5O6S2. The Hall–Kier alpha value is -3.01. The highest BCUT2D eigenvalue weighted by Gasteiger charge is 2.44. The molecular weight excluding hydrogens is 623 g/mol. The zero-order chi connectivity index (χ0) is 34.7. The molecule has 1 unspecified atom stereocenters. The summed E-state index contributed by atoms with van der Waals surface area (Å²) in [5.41, 5.74) is -0.274. The second-order valence-electron chi connectivity index (χ2n) is 12.3. The third kappa shape index (κ3) is 8.79. The highest BCUT2D eigenvalue weighted by Crippen LogP contribution is 2.30. The number of anilines is 2. The molecule has 0 fully saturated rings. The molecule has 0 saturated heterocycles. The molecule has 1 atom stereocenters. The van der Waals surface area contributed by atoms with Crippen LogP contribution in [0.25, 0.3) is 0 Å². The minimum absolute atomic E-state index is 0.0773. The highest BCUT2D eigenvalue weighted by molar-refractivity contribution is 7.94. The molecule has 11 nitrogen and oxygen atoms in total. The lowest BCUT2D eigenvalue weighted by molar-refractivity contribution is -0.137. The van der Waals surface area contributed by atoms with E-state index in [1.807, 2.05) is 20.8 Å². The van der Waals surface area contributed by atoms with Crippen molar-refractivity contribution < 1.29 is 39.6 Å². The number of carbonyl (C=O) groups excluding carboxylic acids is 2. The molecule has 16 heteroatoms. The Morgan fingerprint density at radius 1 is 0.909 bits per heavy atom. The maximum Gasteiger partial charge on any atom is 0.417 e. The predicted molar refractivity (Wildman–Crippen MR) is 165 cm³/mol. The lowest BCUT2D eigenvalue weighted by Crippen LogP contribution is -2.48. The smallest absolute Gasteiger partial charge is 0.310 e. The first kappa shape index (κ1) is 39.0. The Kier molecular flexibility index (Phi) is 12.0. The van der Waals surface area contributed by atoms with Crippen molar-refractivity contribution in [3.8, 4) is 0 Å². The molecule has 0 saturated carbocycles. The maximum atomic E-state index is 12.4. The number of sulfone groups is 2. The average Bonchev–Trinajstić information content (AvgIpc) is 3.28. The Labute approximate surface area is 258 Å². The van der Waals surface area contributed by atoms with Crippen molar-refractivity contribution >= 4 is 43.1 Å². The number of rotatable bonds is 9. The molecule has 0 radical (unpaired) electrons. The lowest BCUT2D eigenvalue weighted by atomic mass is 9.92. The number of nitrogens with zero attached hydrogens (tertiary/aromatic N) is 3. The molecule has 250 valence electrons. The third-order valence-electron chi connectivity index (χ3n) is 7.29. The van der Waals surface area contributed by atoms with E-state index in [4.69, 9.17) is 0 Å². The molecule has 0 aromatic carbocycles. The standard InChI is InChI=1S/C14H19F3N2O3S.C14H25N3O3S/c1-5-9(2)23(21,22)13(3,4)12(20)19-11-7-6-10(8-18-11)14(15,16)17;1-8-21(19,20)14(5,6)12(18)15-11-9-10(13(2,3)4)16-17(11)7/h6-9H,5H2,1-4H3,(H,18,19,20);9H,8H2,1-7H3,(H,15,18). The summed E-state index contributed by atoms with van der Waals surface area (Å²) < 4.78 is 84.5. The van der Waals surface area contributed by atoms with Crippen LogP contribution in [-0.4, -0.2) is 63.9 Å². The molecule has 0 aliphatic heterocycles. The van der Waals surface area contributed by atoms with Gasteiger partial charge in [0.25, 0.3) is 0 Å². The number of halogens is 3. The van der Waals surface area contributed by atoms with Gasteiger partial charge in [0.1, 0.15) is 21.1 Å². The van der Waals surface area contributed by atoms with E-state index in [-0.39, 0.29) is 17.0 Å². The Morgan fingerprint density at radius 3 is 1.82 bits per heavy atom. The van der Waals surface area contributed by atoms with Crippen LogP contribution >= 0.6 is 0 Å². The Bertz CT molecular complexity index is 1540. The fourth-order valence-electron chi connectivity index (χ4n) is 3.47. The third-order valence-corrected chi connectivity index (χ3v) is 12.8. The predicted octanol–water partition coefficient (Wildman–Crippen LogP) is 4.90. The monoisotopic (exact) mass is 667 g/mol. The van der Waals surface area contributed by atoms with Gasteiger partial charge >= 0.3 is 6.18 Å². The average molecular weight is 668 g/mol. The van der Waals surface area contributed by atoms with Gasteiger partial charge in [0.15, 0.2) is 19.7 Å². The number of hydrogen-bond donors (Lipinski definition) is 2. The van der Waals surface area contributed by atoms with Crippen molar-refractivity contribution in [2.24, 2.45) is 7.05 Å². The van der Waals surface area contributed by atoms with Crippen molar-refractivity contribution in [1.29, 1.82) is 0 Å². The molecule has 2 heterocycles. The minimum Gasteiger partial charge on any atom is -0.310 e. The van der Waals surface area contributed by atoms with Crippen molar-refractivity contribution in [3.63, 3.8) is 0 Å². The van der Waals surface area contributed by atoms with Gasteiger partial charge in [-0.3, -0.25) is 14.3 Å². The van der Waals surface area contributed by atoms with E-state index in [1.54, 1.807) is 24.7 Å². The van der Waals surface area contributed by atoms with Gasteiger partial charge in [0.05, 0.1) is 16.5 Å². The summed E-state index contributed by atoms with van der Waals surface area (Å²) in [6.45, 7) is 16.1. The molecule has 0 aliphatic carbocycles. The van der Waals surface area contributed by atoms with Crippen LogP contribution in [0, 0.1) is 0 Å². The molecule has 2 aromatic rings. The fraction of sp³-hybridized carbons (Fsp3) is 0.643. The summed E-state index contributed by atoms with van der Waals surface area (Å²) in [6, 6.07) is 3.51. The normalized spacial score (nSPS) is 13.9. The van der Waals surface area contributed by atoms with Crippen molar-refractivity contribution in [3.05, 3.63) is 35.7 Å². The first-order chi connectivity index (χ1) is 19.7. The molecule has 0 spiro atoms. The van der Waals surface area contributed by atoms with E-state index in [1.165, 1.54) is 41.5 Å². The zero-order valence-electron chi connectivity index (χ0n) is 27.0. The maximum absolute atomic E-state index is 12.4. The van der Waals surface area contributed by atoms with Gasteiger partial charge in [-0.05, 0) is 53.2 Å². The summed E-state index contributed by atoms with van der Waals surface area (Å²) in [5, 5.41) is 8.55. The minimum atomic E-state index is -4.53. The van der Waals surface area contributed by atoms with Crippen LogP contribution in [0.5, 0.6) is 0 Å². The summed E-state index contributed by atoms with van der Waals surface area (Å²) in [7, 11) is -5.54. The van der Waals surface area contributed by atoms with Gasteiger partial charge in [-0.1, -0.05) is 34.6 Å². The van der Waals surface area contributed by atoms with Gasteiger partial charge < -0.3 is 10.6 Å². The SMILES string of the molecule is CCC(C)S(=O)(=O)C(C)(C)C(=O)Nc1ccc(C(F)(F)F)cn1.CCS(=O)(=O)C(C)(C)C(=O)Nc1cc(C(C)(C)C)nn1C. The topological polar surface area (TPSA) is 157 Å². The number of hydrogen-bond acceptors (Lipinski definition) is 8. The van der Waals surface area contributed by atoms with Crippen LogP contribution in [0.3, 0.4) is 0 Å². The number of amides is 2. The van der Waals surface area contributed by atoms with Crippen LogP contribution in [0.15, 0.2) is 24.4 Å². The van der Waals surface area contributed by atoms with Crippen LogP contribution in [-0.2, 0) is 47.9 Å². The number of pyridine rings is 1. The number of aryl methyl sites for hydroxylation is 1. The van der Waals surface area contributed by atoms with E-state index in [2.05, 4.69) is 20.7 Å². The second-order valence-corrected chi connectivity index (χ2v) is 18.1. The van der Waals surface area contributed by atoms with E-state index < -0.39 is 58.0 Å². The largest absolute Gasteiger partial charge is 0.417 e. The second kappa shape index (κ2) is 13.5. The fourth-order valence-corrected chi connectivity index (χ4v) is 6.28. The summed E-state index contributed by atoms with van der Waals surface area (Å²) >= 11 is 0. The van der Waals surface area contributed by atoms with Crippen molar-refractivity contribution in [2.75, 3.05) is 16.4 Å². The van der Waals surface area contributed by atoms with Crippen LogP contribution < -0.4 is 10.6 Å². The first-order valence-corrected chi connectivity index (χ1v) is 17.0. The molecule has 0 bridgehead atoms. The molecule has 2 rings (SSSR count). The van der Waals surface area contributed by atoms with Gasteiger partial charge in [0, 0.05) is 30.5 Å². The van der Waals surface area contributed by atoms with Gasteiger partial charge in [-0.15, -0.1) is 0 Å². The zero-order valence-corrected chi connectivity index (χ0v) is 28.7. The van der Waals surface area contributed by atoms with Crippen LogP contribution in [0.4, 0.5) is 24.8 Å². The Balaban J connectivity index is 0.000000442. The van der Waals surface area contributed by atoms with Crippen molar-refractivity contribution in [2.45, 2.75) is 102 Å². The Morgan fingerprint density at radius 2 is 1.43 bits per heavy atom. The van der Waals surface area contributed by atoms with E-state index in [0.29, 0.717) is 18.4 Å².